The molecule has 0 aliphatic heterocycles. The van der Waals surface area contributed by atoms with Gasteiger partial charge in [-0.3, -0.25) is 10.1 Å². The molecular weight excluding hydrogens is 264 g/mol. The van der Waals surface area contributed by atoms with Crippen LogP contribution in [0.2, 0.25) is 0 Å². The number of nitrogens with one attached hydrogen (secondary N) is 1. The lowest BCUT2D eigenvalue weighted by Crippen LogP contribution is -2.19. The van der Waals surface area contributed by atoms with Gasteiger partial charge in [0.25, 0.3) is 0 Å². The van der Waals surface area contributed by atoms with E-state index in [-0.39, 0.29) is 31.0 Å². The van der Waals surface area contributed by atoms with Gasteiger partial charge in [-0.15, -0.1) is 10.2 Å². The molecule has 0 saturated heterocycles. The fourth-order valence-corrected chi connectivity index (χ4v) is 1.47. The third kappa shape index (κ3) is 3.60. The van der Waals surface area contributed by atoms with Crippen molar-refractivity contribution in [1.29, 1.82) is 0 Å². The average molecular weight is 280 g/mol. The van der Waals surface area contributed by atoms with Crippen LogP contribution in [0.15, 0.2) is 10.6 Å². The van der Waals surface area contributed by atoms with Crippen LogP contribution in [0.5, 0.6) is 0 Å². The van der Waals surface area contributed by atoms with Crippen LogP contribution in [0.3, 0.4) is 0 Å². The van der Waals surface area contributed by atoms with Crippen LogP contribution in [-0.2, 0) is 17.8 Å². The first-order chi connectivity index (χ1) is 9.58. The van der Waals surface area contributed by atoms with E-state index >= 15 is 0 Å². The number of hydrogen-bond acceptors (Lipinski definition) is 7. The summed E-state index contributed by atoms with van der Waals surface area (Å²) in [5.74, 6) is 0.222. The summed E-state index contributed by atoms with van der Waals surface area (Å²) in [6.07, 6.45) is 2.01. The molecule has 0 radical (unpaired) electrons. The summed E-state index contributed by atoms with van der Waals surface area (Å²) in [4.78, 5) is 11.8. The molecule has 2 aromatic heterocycles. The third-order valence-electron chi connectivity index (χ3n) is 2.44. The standard InChI is InChI=1S/C11H16N6O3/c1-7(2)10-14-15-11(20-10)12-9(19)6-17-5-8(3-4-18)13-16-17/h5,7,18H,3-4,6H2,1-2H3,(H,12,15,19). The van der Waals surface area contributed by atoms with E-state index in [9.17, 15) is 4.79 Å². The number of hydrogen-bond donors (Lipinski definition) is 2. The van der Waals surface area contributed by atoms with Gasteiger partial charge in [-0.2, -0.15) is 0 Å². The molecule has 2 aromatic rings. The number of aromatic nitrogens is 5. The van der Waals surface area contributed by atoms with Gasteiger partial charge in [0.05, 0.1) is 5.69 Å². The van der Waals surface area contributed by atoms with Gasteiger partial charge in [-0.05, 0) is 0 Å². The number of amides is 1. The van der Waals surface area contributed by atoms with Crippen LogP contribution in [0, 0.1) is 0 Å². The Morgan fingerprint density at radius 1 is 1.45 bits per heavy atom. The van der Waals surface area contributed by atoms with Crippen molar-refractivity contribution in [1.82, 2.24) is 25.2 Å². The van der Waals surface area contributed by atoms with Crippen molar-refractivity contribution >= 4 is 11.9 Å². The first kappa shape index (κ1) is 14.1. The molecule has 9 nitrogen and oxygen atoms in total. The zero-order valence-corrected chi connectivity index (χ0v) is 11.3. The van der Waals surface area contributed by atoms with Crippen molar-refractivity contribution in [3.05, 3.63) is 17.8 Å². The second kappa shape index (κ2) is 6.24. The first-order valence-corrected chi connectivity index (χ1v) is 6.21. The highest BCUT2D eigenvalue weighted by molar-refractivity contribution is 5.88. The van der Waals surface area contributed by atoms with Gasteiger partial charge in [-0.25, -0.2) is 4.68 Å². The van der Waals surface area contributed by atoms with Crippen molar-refractivity contribution in [3.63, 3.8) is 0 Å². The molecule has 0 aliphatic rings. The number of carbonyl (C=O) groups excluding carboxylic acids is 1. The highest BCUT2D eigenvalue weighted by Gasteiger charge is 2.13. The molecule has 1 amide bonds. The van der Waals surface area contributed by atoms with E-state index in [0.717, 1.165) is 0 Å². The third-order valence-corrected chi connectivity index (χ3v) is 2.44. The topological polar surface area (TPSA) is 119 Å². The maximum Gasteiger partial charge on any atom is 0.322 e. The molecule has 0 aromatic carbocycles. The Kier molecular flexibility index (Phi) is 4.41. The number of aliphatic hydroxyl groups excluding tert-OH is 1. The van der Waals surface area contributed by atoms with Gasteiger partial charge in [-0.1, -0.05) is 24.2 Å². The van der Waals surface area contributed by atoms with Crippen LogP contribution in [0.4, 0.5) is 6.01 Å². The largest absolute Gasteiger partial charge is 0.408 e. The minimum Gasteiger partial charge on any atom is -0.408 e. The van der Waals surface area contributed by atoms with E-state index in [1.165, 1.54) is 4.68 Å². The predicted octanol–water partition coefficient (Wildman–Crippen LogP) is -0.0420. The summed E-state index contributed by atoms with van der Waals surface area (Å²) in [5.41, 5.74) is 0.625. The molecule has 9 heteroatoms. The van der Waals surface area contributed by atoms with Crippen LogP contribution >= 0.6 is 0 Å². The molecule has 0 spiro atoms. The number of aliphatic hydroxyl groups is 1. The number of nitrogens with zero attached hydrogens (tertiary/aromatic N) is 5. The molecule has 0 bridgehead atoms. The lowest BCUT2D eigenvalue weighted by Gasteiger charge is -2.00. The van der Waals surface area contributed by atoms with Crippen molar-refractivity contribution in [2.24, 2.45) is 0 Å². The molecule has 20 heavy (non-hydrogen) atoms. The lowest BCUT2D eigenvalue weighted by molar-refractivity contribution is -0.117. The monoisotopic (exact) mass is 280 g/mol. The summed E-state index contributed by atoms with van der Waals surface area (Å²) < 4.78 is 6.64. The second-order valence-electron chi connectivity index (χ2n) is 4.53. The van der Waals surface area contributed by atoms with Gasteiger partial charge >= 0.3 is 6.01 Å². The maximum atomic E-state index is 11.8. The van der Waals surface area contributed by atoms with E-state index in [2.05, 4.69) is 25.8 Å². The Morgan fingerprint density at radius 3 is 2.90 bits per heavy atom. The molecule has 0 aliphatic carbocycles. The molecule has 2 rings (SSSR count). The van der Waals surface area contributed by atoms with Crippen LogP contribution in [0.1, 0.15) is 31.4 Å². The second-order valence-corrected chi connectivity index (χ2v) is 4.53. The molecule has 0 unspecified atom stereocenters. The molecular formula is C11H16N6O3. The van der Waals surface area contributed by atoms with Crippen LogP contribution < -0.4 is 5.32 Å². The highest BCUT2D eigenvalue weighted by Crippen LogP contribution is 2.14. The molecule has 0 saturated carbocycles. The number of rotatable bonds is 6. The first-order valence-electron chi connectivity index (χ1n) is 6.21. The Balaban J connectivity index is 1.90. The van der Waals surface area contributed by atoms with Gasteiger partial charge in [0, 0.05) is 25.1 Å². The summed E-state index contributed by atoms with van der Waals surface area (Å²) in [7, 11) is 0. The van der Waals surface area contributed by atoms with E-state index < -0.39 is 0 Å². The maximum absolute atomic E-state index is 11.8. The van der Waals surface area contributed by atoms with Crippen molar-refractivity contribution in [3.8, 4) is 0 Å². The van der Waals surface area contributed by atoms with Gasteiger partial charge in [0.1, 0.15) is 6.54 Å². The Hall–Kier alpha value is -2.29. The van der Waals surface area contributed by atoms with Crippen molar-refractivity contribution in [2.75, 3.05) is 11.9 Å². The van der Waals surface area contributed by atoms with E-state index in [1.807, 2.05) is 13.8 Å². The molecule has 0 fully saturated rings. The normalized spacial score (nSPS) is 11.0. The molecule has 0 atom stereocenters. The minimum absolute atomic E-state index is 0.00907. The number of anilines is 1. The minimum atomic E-state index is -0.343. The van der Waals surface area contributed by atoms with Gasteiger partial charge < -0.3 is 9.52 Å². The summed E-state index contributed by atoms with van der Waals surface area (Å²) in [6, 6.07) is 0.0643. The van der Waals surface area contributed by atoms with Gasteiger partial charge in [0.2, 0.25) is 11.8 Å². The zero-order valence-electron chi connectivity index (χ0n) is 11.3. The molecule has 108 valence electrons. The predicted molar refractivity (Wildman–Crippen MR) is 67.8 cm³/mol. The van der Waals surface area contributed by atoms with Crippen molar-refractivity contribution < 1.29 is 14.3 Å². The van der Waals surface area contributed by atoms with Crippen LogP contribution in [0.25, 0.3) is 0 Å². The SMILES string of the molecule is CC(C)c1nnc(NC(=O)Cn2cc(CCO)nn2)o1. The summed E-state index contributed by atoms with van der Waals surface area (Å²) >= 11 is 0. The quantitative estimate of drug-likeness (QED) is 0.761. The fraction of sp³-hybridized carbons (Fsp3) is 0.545. The zero-order chi connectivity index (χ0) is 14.5. The van der Waals surface area contributed by atoms with E-state index in [0.29, 0.717) is 18.0 Å². The van der Waals surface area contributed by atoms with E-state index in [4.69, 9.17) is 9.52 Å². The lowest BCUT2D eigenvalue weighted by atomic mass is 10.2. The van der Waals surface area contributed by atoms with Crippen LogP contribution in [-0.4, -0.2) is 42.8 Å². The average Bonchev–Trinajstić information content (AvgIpc) is 2.99. The highest BCUT2D eigenvalue weighted by atomic mass is 16.4. The van der Waals surface area contributed by atoms with Crippen molar-refractivity contribution in [2.45, 2.75) is 32.7 Å². The Bertz CT molecular complexity index is 576. The Morgan fingerprint density at radius 2 is 2.25 bits per heavy atom. The fourth-order valence-electron chi connectivity index (χ4n) is 1.47. The molecule has 2 heterocycles. The Labute approximate surface area is 115 Å². The van der Waals surface area contributed by atoms with Gasteiger partial charge in [0.15, 0.2) is 0 Å². The smallest absolute Gasteiger partial charge is 0.322 e. The summed E-state index contributed by atoms with van der Waals surface area (Å²) in [6.45, 7) is 3.80. The molecule has 2 N–H and O–H groups in total. The van der Waals surface area contributed by atoms with E-state index in [1.54, 1.807) is 6.20 Å². The summed E-state index contributed by atoms with van der Waals surface area (Å²) in [5, 5.41) is 26.4. The number of carbonyl (C=O) groups is 1.